The predicted molar refractivity (Wildman–Crippen MR) is 57.0 cm³/mol. The second kappa shape index (κ2) is 4.08. The standard InChI is InChI=1S/C10H5N3O2S/c11-3-8-7(1-2-16-8)6-4-12-9(10(14)15)13-5-6/h1-2,4-5H,(H,14,15). The van der Waals surface area contributed by atoms with Crippen molar-refractivity contribution < 1.29 is 9.90 Å². The molecule has 2 rings (SSSR count). The number of nitriles is 1. The molecule has 6 heteroatoms. The van der Waals surface area contributed by atoms with E-state index in [0.29, 0.717) is 10.4 Å². The third-order valence-electron chi connectivity index (χ3n) is 1.92. The Morgan fingerprint density at radius 1 is 1.44 bits per heavy atom. The first-order chi connectivity index (χ1) is 7.72. The molecule has 0 fully saturated rings. The Hall–Kier alpha value is -2.26. The molecule has 0 saturated carbocycles. The predicted octanol–water partition coefficient (Wildman–Crippen LogP) is 1.77. The van der Waals surface area contributed by atoms with Crippen molar-refractivity contribution in [3.63, 3.8) is 0 Å². The second-order valence-electron chi connectivity index (χ2n) is 2.88. The molecule has 0 spiro atoms. The zero-order valence-electron chi connectivity index (χ0n) is 7.91. The van der Waals surface area contributed by atoms with E-state index in [1.807, 2.05) is 0 Å². The third-order valence-corrected chi connectivity index (χ3v) is 2.74. The van der Waals surface area contributed by atoms with Gasteiger partial charge in [0.05, 0.1) is 0 Å². The average molecular weight is 231 g/mol. The van der Waals surface area contributed by atoms with Crippen LogP contribution < -0.4 is 0 Å². The highest BCUT2D eigenvalue weighted by Gasteiger charge is 2.09. The van der Waals surface area contributed by atoms with Crippen LogP contribution in [0.5, 0.6) is 0 Å². The topological polar surface area (TPSA) is 86.9 Å². The fourth-order valence-corrected chi connectivity index (χ4v) is 1.91. The van der Waals surface area contributed by atoms with Gasteiger partial charge in [0.2, 0.25) is 5.82 Å². The maximum absolute atomic E-state index is 10.5. The molecular weight excluding hydrogens is 226 g/mol. The number of aromatic nitrogens is 2. The number of thiophene rings is 1. The molecular formula is C10H5N3O2S. The molecule has 0 unspecified atom stereocenters. The first-order valence-electron chi connectivity index (χ1n) is 4.25. The lowest BCUT2D eigenvalue weighted by molar-refractivity contribution is 0.0683. The number of carbonyl (C=O) groups is 1. The Morgan fingerprint density at radius 3 is 2.69 bits per heavy atom. The highest BCUT2D eigenvalue weighted by Crippen LogP contribution is 2.26. The zero-order chi connectivity index (χ0) is 11.5. The molecule has 0 bridgehead atoms. The molecule has 0 aliphatic carbocycles. The molecule has 0 aliphatic rings. The molecule has 2 aromatic rings. The maximum Gasteiger partial charge on any atom is 0.373 e. The molecule has 16 heavy (non-hydrogen) atoms. The lowest BCUT2D eigenvalue weighted by atomic mass is 10.1. The summed E-state index contributed by atoms with van der Waals surface area (Å²) in [4.78, 5) is 18.5. The molecule has 0 aromatic carbocycles. The van der Waals surface area contributed by atoms with E-state index in [1.165, 1.54) is 23.7 Å². The van der Waals surface area contributed by atoms with E-state index in [2.05, 4.69) is 16.0 Å². The fraction of sp³-hybridized carbons (Fsp3) is 0. The summed E-state index contributed by atoms with van der Waals surface area (Å²) in [6.07, 6.45) is 2.80. The summed E-state index contributed by atoms with van der Waals surface area (Å²) in [6.45, 7) is 0. The van der Waals surface area contributed by atoms with Crippen LogP contribution in [0, 0.1) is 11.3 Å². The molecule has 2 aromatic heterocycles. The van der Waals surface area contributed by atoms with Gasteiger partial charge < -0.3 is 5.11 Å². The Balaban J connectivity index is 2.43. The summed E-state index contributed by atoms with van der Waals surface area (Å²) in [5, 5.41) is 19.3. The minimum Gasteiger partial charge on any atom is -0.475 e. The van der Waals surface area contributed by atoms with Crippen LogP contribution in [0.3, 0.4) is 0 Å². The van der Waals surface area contributed by atoms with Crippen molar-refractivity contribution in [1.29, 1.82) is 5.26 Å². The van der Waals surface area contributed by atoms with Gasteiger partial charge in [-0.2, -0.15) is 5.26 Å². The largest absolute Gasteiger partial charge is 0.475 e. The van der Waals surface area contributed by atoms with Crippen molar-refractivity contribution >= 4 is 17.3 Å². The summed E-state index contributed by atoms with van der Waals surface area (Å²) in [5.41, 5.74) is 1.37. The van der Waals surface area contributed by atoms with Gasteiger partial charge in [-0.1, -0.05) is 0 Å². The normalized spacial score (nSPS) is 9.69. The Kier molecular flexibility index (Phi) is 2.62. The van der Waals surface area contributed by atoms with Crippen LogP contribution in [0.1, 0.15) is 15.5 Å². The molecule has 0 saturated heterocycles. The van der Waals surface area contributed by atoms with E-state index in [4.69, 9.17) is 10.4 Å². The van der Waals surface area contributed by atoms with Gasteiger partial charge in [0.1, 0.15) is 10.9 Å². The van der Waals surface area contributed by atoms with E-state index >= 15 is 0 Å². The van der Waals surface area contributed by atoms with Gasteiger partial charge >= 0.3 is 5.97 Å². The van der Waals surface area contributed by atoms with Gasteiger partial charge in [-0.25, -0.2) is 14.8 Å². The minimum atomic E-state index is -1.17. The lowest BCUT2D eigenvalue weighted by Crippen LogP contribution is -2.03. The number of hydrogen-bond acceptors (Lipinski definition) is 5. The van der Waals surface area contributed by atoms with Crippen LogP contribution in [0.2, 0.25) is 0 Å². The van der Waals surface area contributed by atoms with Gasteiger partial charge in [0, 0.05) is 23.5 Å². The quantitative estimate of drug-likeness (QED) is 0.851. The van der Waals surface area contributed by atoms with Gasteiger partial charge in [-0.3, -0.25) is 0 Å². The lowest BCUT2D eigenvalue weighted by Gasteiger charge is -1.98. The molecule has 5 nitrogen and oxygen atoms in total. The van der Waals surface area contributed by atoms with Gasteiger partial charge in [-0.15, -0.1) is 11.3 Å². The molecule has 0 aliphatic heterocycles. The molecule has 78 valence electrons. The van der Waals surface area contributed by atoms with Crippen molar-refractivity contribution in [2.24, 2.45) is 0 Å². The van der Waals surface area contributed by atoms with E-state index in [0.717, 1.165) is 5.56 Å². The van der Waals surface area contributed by atoms with Crippen LogP contribution in [-0.2, 0) is 0 Å². The van der Waals surface area contributed by atoms with Gasteiger partial charge in [0.25, 0.3) is 0 Å². The van der Waals surface area contributed by atoms with Crippen molar-refractivity contribution in [3.8, 4) is 17.2 Å². The molecule has 0 radical (unpaired) electrons. The number of hydrogen-bond donors (Lipinski definition) is 1. The average Bonchev–Trinajstić information content (AvgIpc) is 2.77. The Labute approximate surface area is 94.6 Å². The summed E-state index contributed by atoms with van der Waals surface area (Å²) in [6, 6.07) is 3.84. The number of nitrogens with zero attached hydrogens (tertiary/aromatic N) is 3. The van der Waals surface area contributed by atoms with Crippen molar-refractivity contribution in [1.82, 2.24) is 9.97 Å². The Bertz CT molecular complexity index is 568. The van der Waals surface area contributed by atoms with Crippen molar-refractivity contribution in [2.75, 3.05) is 0 Å². The molecule has 0 atom stereocenters. The van der Waals surface area contributed by atoms with E-state index in [-0.39, 0.29) is 5.82 Å². The zero-order valence-corrected chi connectivity index (χ0v) is 8.73. The van der Waals surface area contributed by atoms with Crippen molar-refractivity contribution in [2.45, 2.75) is 0 Å². The second-order valence-corrected chi connectivity index (χ2v) is 3.79. The van der Waals surface area contributed by atoms with E-state index in [1.54, 1.807) is 11.4 Å². The van der Waals surface area contributed by atoms with Gasteiger partial charge in [-0.05, 0) is 11.4 Å². The number of aromatic carboxylic acids is 1. The highest BCUT2D eigenvalue weighted by molar-refractivity contribution is 7.11. The molecule has 2 heterocycles. The number of rotatable bonds is 2. The monoisotopic (exact) mass is 231 g/mol. The maximum atomic E-state index is 10.5. The summed E-state index contributed by atoms with van der Waals surface area (Å²) in [5.74, 6) is -1.42. The van der Waals surface area contributed by atoms with E-state index < -0.39 is 5.97 Å². The van der Waals surface area contributed by atoms with Crippen LogP contribution in [0.25, 0.3) is 11.1 Å². The smallest absolute Gasteiger partial charge is 0.373 e. The molecule has 1 N–H and O–H groups in total. The van der Waals surface area contributed by atoms with Crippen LogP contribution >= 0.6 is 11.3 Å². The van der Waals surface area contributed by atoms with Gasteiger partial charge in [0.15, 0.2) is 0 Å². The van der Waals surface area contributed by atoms with Crippen LogP contribution in [-0.4, -0.2) is 21.0 Å². The fourth-order valence-electron chi connectivity index (χ4n) is 1.20. The van der Waals surface area contributed by atoms with Crippen molar-refractivity contribution in [3.05, 3.63) is 34.5 Å². The third kappa shape index (κ3) is 1.76. The summed E-state index contributed by atoms with van der Waals surface area (Å²) < 4.78 is 0. The van der Waals surface area contributed by atoms with E-state index in [9.17, 15) is 4.79 Å². The molecule has 0 amide bonds. The minimum absolute atomic E-state index is 0.252. The SMILES string of the molecule is N#Cc1sccc1-c1cnc(C(=O)O)nc1. The van der Waals surface area contributed by atoms with Crippen LogP contribution in [0.4, 0.5) is 0 Å². The number of carboxylic acids is 1. The first-order valence-corrected chi connectivity index (χ1v) is 5.13. The first kappa shape index (κ1) is 10.3. The Morgan fingerprint density at radius 2 is 2.12 bits per heavy atom. The number of carboxylic acid groups (broad SMARTS) is 1. The summed E-state index contributed by atoms with van der Waals surface area (Å²) in [7, 11) is 0. The van der Waals surface area contributed by atoms with Crippen LogP contribution in [0.15, 0.2) is 23.8 Å². The highest BCUT2D eigenvalue weighted by atomic mass is 32.1. The summed E-state index contributed by atoms with van der Waals surface area (Å²) >= 11 is 1.32.